The third-order valence-electron chi connectivity index (χ3n) is 5.44. The van der Waals surface area contributed by atoms with Crippen molar-refractivity contribution >= 4 is 23.2 Å². The van der Waals surface area contributed by atoms with Gasteiger partial charge in [0.15, 0.2) is 5.65 Å². The molecular formula is C21H26N6O2. The van der Waals surface area contributed by atoms with Gasteiger partial charge in [0.25, 0.3) is 0 Å². The van der Waals surface area contributed by atoms with Crippen LogP contribution in [0.3, 0.4) is 0 Å². The SMILES string of the molecule is COc1ccc(NC(=O)N2CCN(c3ccnc4c(C)cnn34)[C@@H](C)C2)c(C)c1. The Morgan fingerprint density at radius 1 is 1.21 bits per heavy atom. The molecular weight excluding hydrogens is 368 g/mol. The van der Waals surface area contributed by atoms with E-state index >= 15 is 0 Å². The number of anilines is 2. The van der Waals surface area contributed by atoms with Crippen molar-refractivity contribution in [3.05, 3.63) is 47.8 Å². The summed E-state index contributed by atoms with van der Waals surface area (Å²) in [5, 5.41) is 7.50. The minimum Gasteiger partial charge on any atom is -0.497 e. The van der Waals surface area contributed by atoms with E-state index < -0.39 is 0 Å². The number of hydrogen-bond acceptors (Lipinski definition) is 5. The number of fused-ring (bicyclic) bond motifs is 1. The maximum atomic E-state index is 12.8. The molecule has 4 rings (SSSR count). The standard InChI is InChI=1S/C21H26N6O2/c1-14-11-17(29-4)5-6-18(14)24-21(28)25-9-10-26(16(3)13-25)19-7-8-22-20-15(2)12-23-27(19)20/h5-8,11-12,16H,9-10,13H2,1-4H3,(H,24,28)/t16-/m0/s1. The van der Waals surface area contributed by atoms with E-state index in [9.17, 15) is 4.79 Å². The van der Waals surface area contributed by atoms with Crippen LogP contribution in [0.5, 0.6) is 5.75 Å². The van der Waals surface area contributed by atoms with Crippen LogP contribution in [0.1, 0.15) is 18.1 Å². The number of piperazine rings is 1. The summed E-state index contributed by atoms with van der Waals surface area (Å²) >= 11 is 0. The molecule has 2 amide bonds. The molecule has 1 fully saturated rings. The van der Waals surface area contributed by atoms with Crippen LogP contribution in [0.4, 0.5) is 16.3 Å². The minimum atomic E-state index is -0.0837. The van der Waals surface area contributed by atoms with Crippen LogP contribution in [0, 0.1) is 13.8 Å². The average molecular weight is 394 g/mol. The molecule has 0 spiro atoms. The Morgan fingerprint density at radius 2 is 2.03 bits per heavy atom. The maximum Gasteiger partial charge on any atom is 0.321 e. The van der Waals surface area contributed by atoms with E-state index in [2.05, 4.69) is 27.2 Å². The maximum absolute atomic E-state index is 12.8. The van der Waals surface area contributed by atoms with E-state index in [0.717, 1.165) is 40.6 Å². The lowest BCUT2D eigenvalue weighted by Crippen LogP contribution is -2.55. The molecule has 1 aromatic carbocycles. The topological polar surface area (TPSA) is 75.0 Å². The second-order valence-corrected chi connectivity index (χ2v) is 7.47. The van der Waals surface area contributed by atoms with Crippen LogP contribution in [0.15, 0.2) is 36.7 Å². The predicted molar refractivity (Wildman–Crippen MR) is 113 cm³/mol. The number of ether oxygens (including phenoxy) is 1. The molecule has 1 aliphatic rings. The summed E-state index contributed by atoms with van der Waals surface area (Å²) in [7, 11) is 1.63. The number of nitrogens with zero attached hydrogens (tertiary/aromatic N) is 5. The van der Waals surface area contributed by atoms with Gasteiger partial charge < -0.3 is 19.9 Å². The predicted octanol–water partition coefficient (Wildman–Crippen LogP) is 3.10. The molecule has 0 aliphatic carbocycles. The van der Waals surface area contributed by atoms with Gasteiger partial charge in [0.2, 0.25) is 0 Å². The van der Waals surface area contributed by atoms with Gasteiger partial charge in [0.1, 0.15) is 11.6 Å². The Bertz CT molecular complexity index is 1050. The van der Waals surface area contributed by atoms with Crippen LogP contribution in [-0.4, -0.2) is 58.3 Å². The zero-order chi connectivity index (χ0) is 20.5. The van der Waals surface area contributed by atoms with Crippen molar-refractivity contribution in [2.45, 2.75) is 26.8 Å². The highest BCUT2D eigenvalue weighted by atomic mass is 16.5. The van der Waals surface area contributed by atoms with E-state index in [1.165, 1.54) is 0 Å². The molecule has 152 valence electrons. The number of benzene rings is 1. The number of urea groups is 1. The zero-order valence-electron chi connectivity index (χ0n) is 17.2. The lowest BCUT2D eigenvalue weighted by Gasteiger charge is -2.40. The molecule has 1 N–H and O–H groups in total. The fourth-order valence-corrected chi connectivity index (χ4v) is 3.79. The normalized spacial score (nSPS) is 16.9. The van der Waals surface area contributed by atoms with Crippen LogP contribution in [0.25, 0.3) is 5.65 Å². The summed E-state index contributed by atoms with van der Waals surface area (Å²) in [6.07, 6.45) is 3.65. The monoisotopic (exact) mass is 394 g/mol. The molecule has 1 atom stereocenters. The fourth-order valence-electron chi connectivity index (χ4n) is 3.79. The molecule has 1 saturated heterocycles. The Kier molecular flexibility index (Phi) is 5.00. The second-order valence-electron chi connectivity index (χ2n) is 7.47. The van der Waals surface area contributed by atoms with Crippen molar-refractivity contribution in [1.82, 2.24) is 19.5 Å². The Morgan fingerprint density at radius 3 is 2.76 bits per heavy atom. The summed E-state index contributed by atoms with van der Waals surface area (Å²) < 4.78 is 7.11. The van der Waals surface area contributed by atoms with E-state index in [4.69, 9.17) is 4.74 Å². The lowest BCUT2D eigenvalue weighted by atomic mass is 10.2. The Hall–Kier alpha value is -3.29. The van der Waals surface area contributed by atoms with Crippen molar-refractivity contribution in [1.29, 1.82) is 0 Å². The number of hydrogen-bond donors (Lipinski definition) is 1. The van der Waals surface area contributed by atoms with E-state index in [1.807, 2.05) is 59.9 Å². The molecule has 29 heavy (non-hydrogen) atoms. The highest BCUT2D eigenvalue weighted by Crippen LogP contribution is 2.24. The largest absolute Gasteiger partial charge is 0.497 e. The quantitative estimate of drug-likeness (QED) is 0.739. The molecule has 2 aromatic heterocycles. The summed E-state index contributed by atoms with van der Waals surface area (Å²) in [5.74, 6) is 1.78. The number of carbonyl (C=O) groups excluding carboxylic acids is 1. The molecule has 8 nitrogen and oxygen atoms in total. The first-order valence-electron chi connectivity index (χ1n) is 9.74. The van der Waals surface area contributed by atoms with Gasteiger partial charge >= 0.3 is 6.03 Å². The zero-order valence-corrected chi connectivity index (χ0v) is 17.2. The number of aromatic nitrogens is 3. The first-order valence-corrected chi connectivity index (χ1v) is 9.74. The van der Waals surface area contributed by atoms with Crippen molar-refractivity contribution in [3.63, 3.8) is 0 Å². The highest BCUT2D eigenvalue weighted by molar-refractivity contribution is 5.90. The van der Waals surface area contributed by atoms with Gasteiger partial charge in [-0.25, -0.2) is 9.78 Å². The van der Waals surface area contributed by atoms with Gasteiger partial charge in [-0.05, 0) is 50.6 Å². The third kappa shape index (κ3) is 3.57. The van der Waals surface area contributed by atoms with Gasteiger partial charge in [0.05, 0.1) is 13.3 Å². The lowest BCUT2D eigenvalue weighted by molar-refractivity contribution is 0.200. The fraction of sp³-hybridized carbons (Fsp3) is 0.381. The number of rotatable bonds is 3. The van der Waals surface area contributed by atoms with Gasteiger partial charge in [-0.2, -0.15) is 9.61 Å². The average Bonchev–Trinajstić information content (AvgIpc) is 3.10. The van der Waals surface area contributed by atoms with E-state index in [-0.39, 0.29) is 12.1 Å². The molecule has 0 bridgehead atoms. The summed E-state index contributed by atoms with van der Waals surface area (Å²) in [4.78, 5) is 21.4. The van der Waals surface area contributed by atoms with Gasteiger partial charge in [-0.3, -0.25) is 0 Å². The molecule has 0 radical (unpaired) electrons. The molecule has 3 aromatic rings. The van der Waals surface area contributed by atoms with Crippen LogP contribution in [-0.2, 0) is 0 Å². The van der Waals surface area contributed by atoms with Crippen molar-refractivity contribution in [3.8, 4) is 5.75 Å². The van der Waals surface area contributed by atoms with Crippen LogP contribution < -0.4 is 15.0 Å². The summed E-state index contributed by atoms with van der Waals surface area (Å²) in [5.41, 5.74) is 3.68. The van der Waals surface area contributed by atoms with Crippen molar-refractivity contribution in [2.75, 3.05) is 37.0 Å². The van der Waals surface area contributed by atoms with Crippen molar-refractivity contribution in [2.24, 2.45) is 0 Å². The third-order valence-corrected chi connectivity index (χ3v) is 5.44. The summed E-state index contributed by atoms with van der Waals surface area (Å²) in [6, 6.07) is 7.69. The Balaban J connectivity index is 1.46. The van der Waals surface area contributed by atoms with Crippen molar-refractivity contribution < 1.29 is 9.53 Å². The number of carbonyl (C=O) groups is 1. The number of methoxy groups -OCH3 is 1. The molecule has 3 heterocycles. The summed E-state index contributed by atoms with van der Waals surface area (Å²) in [6.45, 7) is 8.08. The van der Waals surface area contributed by atoms with Gasteiger partial charge in [-0.1, -0.05) is 0 Å². The van der Waals surface area contributed by atoms with E-state index in [0.29, 0.717) is 13.1 Å². The first-order chi connectivity index (χ1) is 14.0. The highest BCUT2D eigenvalue weighted by Gasteiger charge is 2.28. The minimum absolute atomic E-state index is 0.0837. The van der Waals surface area contributed by atoms with E-state index in [1.54, 1.807) is 7.11 Å². The number of nitrogens with one attached hydrogen (secondary N) is 1. The van der Waals surface area contributed by atoms with Crippen LogP contribution in [0.2, 0.25) is 0 Å². The van der Waals surface area contributed by atoms with Crippen LogP contribution >= 0.6 is 0 Å². The molecule has 0 unspecified atom stereocenters. The smallest absolute Gasteiger partial charge is 0.321 e. The van der Waals surface area contributed by atoms with Gasteiger partial charge in [-0.15, -0.1) is 0 Å². The second kappa shape index (κ2) is 7.62. The first kappa shape index (κ1) is 19.0. The molecule has 0 saturated carbocycles. The molecule has 1 aliphatic heterocycles. The number of amides is 2. The van der Waals surface area contributed by atoms with Gasteiger partial charge in [0, 0.05) is 43.1 Å². The Labute approximate surface area is 170 Å². The number of aryl methyl sites for hydroxylation is 2. The molecule has 8 heteroatoms.